The molecule has 0 saturated heterocycles. The average Bonchev–Trinajstić information content (AvgIpc) is 3.31. The minimum Gasteiger partial charge on any atom is -0.371 e. The molecule has 0 radical (unpaired) electrons. The summed E-state index contributed by atoms with van der Waals surface area (Å²) in [6.07, 6.45) is 0.970. The van der Waals surface area contributed by atoms with E-state index >= 15 is 0 Å². The molecule has 29 heavy (non-hydrogen) atoms. The number of thiophene rings is 1. The van der Waals surface area contributed by atoms with Crippen LogP contribution in [0.5, 0.6) is 0 Å². The molecule has 2 aromatic carbocycles. The summed E-state index contributed by atoms with van der Waals surface area (Å²) in [5.74, 6) is -0.303. The number of benzene rings is 2. The van der Waals surface area contributed by atoms with E-state index in [0.717, 1.165) is 19.5 Å². The first-order valence-electron chi connectivity index (χ1n) is 9.81. The third kappa shape index (κ3) is 5.12. The van der Waals surface area contributed by atoms with Crippen molar-refractivity contribution < 1.29 is 9.90 Å². The maximum atomic E-state index is 13.3. The quantitative estimate of drug-likeness (QED) is 0.588. The molecule has 0 aliphatic carbocycles. The van der Waals surface area contributed by atoms with Crippen LogP contribution in [-0.4, -0.2) is 54.5 Å². The summed E-state index contributed by atoms with van der Waals surface area (Å²) in [4.78, 5) is 17.8. The minimum absolute atomic E-state index is 0.303. The standard InChI is InChI=1S/C24H28N2O2S/c1-25(16-15-20-10-5-3-6-11-20)17-18-26(2)23(27)24(28,22-14-9-19-29-22)21-12-7-4-8-13-21/h3-14,19,28H,15-18H2,1-2H3. The molecule has 0 spiro atoms. The van der Waals surface area contributed by atoms with Gasteiger partial charge in [-0.05, 0) is 36.0 Å². The zero-order valence-electron chi connectivity index (χ0n) is 17.0. The summed E-state index contributed by atoms with van der Waals surface area (Å²) in [6, 6.07) is 23.2. The van der Waals surface area contributed by atoms with Gasteiger partial charge in [-0.2, -0.15) is 0 Å². The summed E-state index contributed by atoms with van der Waals surface area (Å²) in [7, 11) is 3.82. The lowest BCUT2D eigenvalue weighted by molar-refractivity contribution is -0.146. The second kappa shape index (κ2) is 9.83. The smallest absolute Gasteiger partial charge is 0.264 e. The lowest BCUT2D eigenvalue weighted by Gasteiger charge is -2.32. The van der Waals surface area contributed by atoms with Gasteiger partial charge >= 0.3 is 0 Å². The number of nitrogens with zero attached hydrogens (tertiary/aromatic N) is 2. The summed E-state index contributed by atoms with van der Waals surface area (Å²) < 4.78 is 0. The van der Waals surface area contributed by atoms with Gasteiger partial charge in [0, 0.05) is 26.7 Å². The van der Waals surface area contributed by atoms with E-state index in [1.807, 2.05) is 41.8 Å². The monoisotopic (exact) mass is 408 g/mol. The highest BCUT2D eigenvalue weighted by Crippen LogP contribution is 2.34. The molecule has 0 bridgehead atoms. The number of hydrogen-bond acceptors (Lipinski definition) is 4. The fourth-order valence-electron chi connectivity index (χ4n) is 3.31. The molecule has 1 N–H and O–H groups in total. The first kappa shape index (κ1) is 21.2. The number of carbonyl (C=O) groups is 1. The van der Waals surface area contributed by atoms with Crippen molar-refractivity contribution in [2.75, 3.05) is 33.7 Å². The lowest BCUT2D eigenvalue weighted by atomic mass is 9.90. The van der Waals surface area contributed by atoms with E-state index in [9.17, 15) is 9.90 Å². The molecule has 1 heterocycles. The average molecular weight is 409 g/mol. The van der Waals surface area contributed by atoms with Crippen LogP contribution in [0.3, 0.4) is 0 Å². The predicted molar refractivity (Wildman–Crippen MR) is 119 cm³/mol. The van der Waals surface area contributed by atoms with Crippen molar-refractivity contribution in [1.29, 1.82) is 0 Å². The van der Waals surface area contributed by atoms with Crippen LogP contribution in [0.15, 0.2) is 78.2 Å². The zero-order chi connectivity index (χ0) is 20.7. The maximum Gasteiger partial charge on any atom is 0.264 e. The molecule has 0 aliphatic rings. The fraction of sp³-hybridized carbons (Fsp3) is 0.292. The number of carbonyl (C=O) groups excluding carboxylic acids is 1. The molecule has 3 aromatic rings. The van der Waals surface area contributed by atoms with E-state index in [-0.39, 0.29) is 5.91 Å². The Morgan fingerprint density at radius 1 is 0.897 bits per heavy atom. The molecule has 4 nitrogen and oxygen atoms in total. The van der Waals surface area contributed by atoms with Crippen molar-refractivity contribution in [3.8, 4) is 0 Å². The highest BCUT2D eigenvalue weighted by Gasteiger charge is 2.42. The summed E-state index contributed by atoms with van der Waals surface area (Å²) >= 11 is 1.39. The van der Waals surface area contributed by atoms with E-state index in [2.05, 4.69) is 36.2 Å². The molecule has 1 unspecified atom stereocenters. The Kier molecular flexibility index (Phi) is 7.20. The number of likely N-dealkylation sites (N-methyl/N-ethyl adjacent to an activating group) is 2. The van der Waals surface area contributed by atoms with Crippen molar-refractivity contribution in [2.24, 2.45) is 0 Å². The van der Waals surface area contributed by atoms with Crippen LogP contribution in [-0.2, 0) is 16.8 Å². The maximum absolute atomic E-state index is 13.3. The highest BCUT2D eigenvalue weighted by molar-refractivity contribution is 7.10. The van der Waals surface area contributed by atoms with Crippen LogP contribution < -0.4 is 0 Å². The van der Waals surface area contributed by atoms with Crippen LogP contribution >= 0.6 is 11.3 Å². The Labute approximate surface area is 177 Å². The largest absolute Gasteiger partial charge is 0.371 e. The Morgan fingerprint density at radius 2 is 1.55 bits per heavy atom. The Balaban J connectivity index is 1.64. The first-order chi connectivity index (χ1) is 14.0. The van der Waals surface area contributed by atoms with Crippen molar-refractivity contribution in [2.45, 2.75) is 12.0 Å². The van der Waals surface area contributed by atoms with Crippen molar-refractivity contribution in [3.63, 3.8) is 0 Å². The van der Waals surface area contributed by atoms with E-state index in [1.54, 1.807) is 24.1 Å². The molecule has 0 fully saturated rings. The van der Waals surface area contributed by atoms with Gasteiger partial charge in [0.25, 0.3) is 5.91 Å². The number of rotatable bonds is 9. The van der Waals surface area contributed by atoms with Gasteiger partial charge in [0.05, 0.1) is 4.88 Å². The lowest BCUT2D eigenvalue weighted by Crippen LogP contribution is -2.47. The number of aliphatic hydroxyl groups is 1. The van der Waals surface area contributed by atoms with Crippen molar-refractivity contribution in [1.82, 2.24) is 9.80 Å². The third-order valence-corrected chi connectivity index (χ3v) is 6.15. The summed E-state index contributed by atoms with van der Waals surface area (Å²) in [5, 5.41) is 13.4. The van der Waals surface area contributed by atoms with Gasteiger partial charge in [0.1, 0.15) is 0 Å². The summed E-state index contributed by atoms with van der Waals surface area (Å²) in [5.41, 5.74) is 0.240. The fourth-order valence-corrected chi connectivity index (χ4v) is 4.15. The Bertz CT molecular complexity index is 884. The van der Waals surface area contributed by atoms with Gasteiger partial charge < -0.3 is 14.9 Å². The minimum atomic E-state index is -1.66. The van der Waals surface area contributed by atoms with Crippen molar-refractivity contribution in [3.05, 3.63) is 94.2 Å². The van der Waals surface area contributed by atoms with Crippen LogP contribution in [0.4, 0.5) is 0 Å². The van der Waals surface area contributed by atoms with E-state index in [1.165, 1.54) is 16.9 Å². The zero-order valence-corrected chi connectivity index (χ0v) is 17.8. The topological polar surface area (TPSA) is 43.8 Å². The van der Waals surface area contributed by atoms with Crippen LogP contribution in [0.25, 0.3) is 0 Å². The van der Waals surface area contributed by atoms with Crippen LogP contribution in [0.2, 0.25) is 0 Å². The second-order valence-corrected chi connectivity index (χ2v) is 8.27. The SMILES string of the molecule is CN(CCc1ccccc1)CCN(C)C(=O)C(O)(c1ccccc1)c1cccs1. The van der Waals surface area contributed by atoms with Gasteiger partial charge in [-0.3, -0.25) is 4.79 Å². The van der Waals surface area contributed by atoms with E-state index in [4.69, 9.17) is 0 Å². The van der Waals surface area contributed by atoms with Crippen LogP contribution in [0, 0.1) is 0 Å². The summed E-state index contributed by atoms with van der Waals surface area (Å²) in [6.45, 7) is 2.20. The van der Waals surface area contributed by atoms with Gasteiger partial charge in [-0.15, -0.1) is 11.3 Å². The molecular weight excluding hydrogens is 380 g/mol. The molecule has 3 rings (SSSR count). The molecule has 0 aliphatic heterocycles. The molecule has 152 valence electrons. The molecule has 5 heteroatoms. The van der Waals surface area contributed by atoms with E-state index in [0.29, 0.717) is 17.0 Å². The van der Waals surface area contributed by atoms with Gasteiger partial charge in [-0.1, -0.05) is 66.7 Å². The number of amides is 1. The normalized spacial score (nSPS) is 13.2. The second-order valence-electron chi connectivity index (χ2n) is 7.32. The molecule has 0 saturated carbocycles. The molecule has 1 atom stereocenters. The number of hydrogen-bond donors (Lipinski definition) is 1. The third-order valence-electron chi connectivity index (χ3n) is 5.17. The Hall–Kier alpha value is -2.47. The molecular formula is C24H28N2O2S. The highest BCUT2D eigenvalue weighted by atomic mass is 32.1. The van der Waals surface area contributed by atoms with E-state index < -0.39 is 5.60 Å². The van der Waals surface area contributed by atoms with Gasteiger partial charge in [0.15, 0.2) is 0 Å². The molecule has 1 aromatic heterocycles. The van der Waals surface area contributed by atoms with Crippen molar-refractivity contribution >= 4 is 17.2 Å². The van der Waals surface area contributed by atoms with Gasteiger partial charge in [-0.25, -0.2) is 0 Å². The van der Waals surface area contributed by atoms with Crippen LogP contribution in [0.1, 0.15) is 16.0 Å². The Morgan fingerprint density at radius 3 is 2.17 bits per heavy atom. The molecule has 1 amide bonds. The van der Waals surface area contributed by atoms with Gasteiger partial charge in [0.2, 0.25) is 5.60 Å². The first-order valence-corrected chi connectivity index (χ1v) is 10.7. The predicted octanol–water partition coefficient (Wildman–Crippen LogP) is 3.62.